The van der Waals surface area contributed by atoms with Gasteiger partial charge in [-0.2, -0.15) is 0 Å². The number of hydrogen-bond acceptors (Lipinski definition) is 4. The highest BCUT2D eigenvalue weighted by Gasteiger charge is 2.18. The molecule has 2 aromatic rings. The third-order valence-electron chi connectivity index (χ3n) is 2.55. The summed E-state index contributed by atoms with van der Waals surface area (Å²) in [7, 11) is 0. The molecule has 3 nitrogen and oxygen atoms in total. The van der Waals surface area contributed by atoms with Crippen LogP contribution in [0.4, 0.5) is 0 Å². The smallest absolute Gasteiger partial charge is 0.343 e. The van der Waals surface area contributed by atoms with E-state index in [4.69, 9.17) is 4.42 Å². The zero-order valence-electron chi connectivity index (χ0n) is 10.2. The van der Waals surface area contributed by atoms with E-state index in [0.717, 1.165) is 4.90 Å². The van der Waals surface area contributed by atoms with Crippen LogP contribution < -0.4 is 5.63 Å². The standard InChI is InChI=1S/C14H14O3S/c1-9-8-12(15)13(14(16)17-9)10(2)18-11-6-4-3-5-7-11/h3-8,10,15H,1-2H3. The van der Waals surface area contributed by atoms with Gasteiger partial charge in [-0.3, -0.25) is 0 Å². The Morgan fingerprint density at radius 2 is 1.94 bits per heavy atom. The fraction of sp³-hybridized carbons (Fsp3) is 0.214. The second-order valence-electron chi connectivity index (χ2n) is 4.02. The average Bonchev–Trinajstić information content (AvgIpc) is 2.28. The molecule has 1 N–H and O–H groups in total. The maximum Gasteiger partial charge on any atom is 0.343 e. The van der Waals surface area contributed by atoms with Crippen LogP contribution in [0, 0.1) is 6.92 Å². The van der Waals surface area contributed by atoms with Crippen LogP contribution in [0.15, 0.2) is 50.5 Å². The Labute approximate surface area is 109 Å². The first kappa shape index (κ1) is 12.8. The first-order chi connectivity index (χ1) is 8.58. The molecule has 1 unspecified atom stereocenters. The lowest BCUT2D eigenvalue weighted by atomic mass is 10.2. The molecule has 0 radical (unpaired) electrons. The van der Waals surface area contributed by atoms with Gasteiger partial charge in [0.15, 0.2) is 0 Å². The Morgan fingerprint density at radius 3 is 2.56 bits per heavy atom. The Kier molecular flexibility index (Phi) is 3.77. The highest BCUT2D eigenvalue weighted by molar-refractivity contribution is 7.99. The summed E-state index contributed by atoms with van der Waals surface area (Å²) in [4.78, 5) is 12.8. The predicted octanol–water partition coefficient (Wildman–Crippen LogP) is 3.51. The summed E-state index contributed by atoms with van der Waals surface area (Å²) < 4.78 is 5.02. The minimum Gasteiger partial charge on any atom is -0.507 e. The molecule has 0 saturated heterocycles. The molecule has 1 heterocycles. The summed E-state index contributed by atoms with van der Waals surface area (Å²) in [6.07, 6.45) is 0. The molecule has 94 valence electrons. The maximum atomic E-state index is 11.8. The number of rotatable bonds is 3. The molecule has 1 aromatic heterocycles. The Morgan fingerprint density at radius 1 is 1.28 bits per heavy atom. The fourth-order valence-electron chi connectivity index (χ4n) is 1.74. The van der Waals surface area contributed by atoms with E-state index in [1.54, 1.807) is 6.92 Å². The second kappa shape index (κ2) is 5.31. The first-order valence-electron chi connectivity index (χ1n) is 5.63. The van der Waals surface area contributed by atoms with Gasteiger partial charge >= 0.3 is 5.63 Å². The lowest BCUT2D eigenvalue weighted by Crippen LogP contribution is -2.09. The largest absolute Gasteiger partial charge is 0.507 e. The van der Waals surface area contributed by atoms with E-state index in [1.807, 2.05) is 37.3 Å². The second-order valence-corrected chi connectivity index (χ2v) is 5.43. The van der Waals surface area contributed by atoms with Gasteiger partial charge in [0.05, 0.1) is 5.56 Å². The van der Waals surface area contributed by atoms with Crippen LogP contribution in [0.3, 0.4) is 0 Å². The third-order valence-corrected chi connectivity index (χ3v) is 3.69. The molecule has 0 aliphatic heterocycles. The zero-order chi connectivity index (χ0) is 13.1. The molecule has 0 aliphatic carbocycles. The van der Waals surface area contributed by atoms with Gasteiger partial charge in [0.2, 0.25) is 0 Å². The summed E-state index contributed by atoms with van der Waals surface area (Å²) in [6.45, 7) is 3.51. The van der Waals surface area contributed by atoms with Crippen LogP contribution in [-0.2, 0) is 0 Å². The van der Waals surface area contributed by atoms with Gasteiger partial charge in [-0.1, -0.05) is 18.2 Å². The van der Waals surface area contributed by atoms with Crippen molar-refractivity contribution >= 4 is 11.8 Å². The molecular formula is C14H14O3S. The SMILES string of the molecule is Cc1cc(O)c(C(C)Sc2ccccc2)c(=O)o1. The van der Waals surface area contributed by atoms with Crippen molar-refractivity contribution in [3.05, 3.63) is 58.1 Å². The van der Waals surface area contributed by atoms with Crippen molar-refractivity contribution in [1.29, 1.82) is 0 Å². The molecule has 0 saturated carbocycles. The Balaban J connectivity index is 2.30. The van der Waals surface area contributed by atoms with Gasteiger partial charge in [-0.05, 0) is 26.0 Å². The molecule has 1 aromatic carbocycles. The van der Waals surface area contributed by atoms with Gasteiger partial charge in [0.25, 0.3) is 0 Å². The van der Waals surface area contributed by atoms with Crippen molar-refractivity contribution in [3.8, 4) is 5.75 Å². The van der Waals surface area contributed by atoms with E-state index in [2.05, 4.69) is 0 Å². The zero-order valence-corrected chi connectivity index (χ0v) is 11.0. The third kappa shape index (κ3) is 2.76. The lowest BCUT2D eigenvalue weighted by Gasteiger charge is -2.11. The summed E-state index contributed by atoms with van der Waals surface area (Å²) in [6, 6.07) is 11.2. The average molecular weight is 262 g/mol. The van der Waals surface area contributed by atoms with Crippen LogP contribution >= 0.6 is 11.8 Å². The Bertz CT molecular complexity index is 590. The molecule has 0 spiro atoms. The van der Waals surface area contributed by atoms with Crippen LogP contribution in [0.1, 0.15) is 23.5 Å². The molecular weight excluding hydrogens is 248 g/mol. The first-order valence-corrected chi connectivity index (χ1v) is 6.51. The molecule has 4 heteroatoms. The quantitative estimate of drug-likeness (QED) is 0.860. The van der Waals surface area contributed by atoms with Crippen LogP contribution in [0.5, 0.6) is 5.75 Å². The number of hydrogen-bond donors (Lipinski definition) is 1. The normalized spacial score (nSPS) is 12.3. The van der Waals surface area contributed by atoms with E-state index in [9.17, 15) is 9.90 Å². The van der Waals surface area contributed by atoms with E-state index in [1.165, 1.54) is 17.8 Å². The molecule has 0 bridgehead atoms. The van der Waals surface area contributed by atoms with Crippen LogP contribution in [0.2, 0.25) is 0 Å². The highest BCUT2D eigenvalue weighted by atomic mass is 32.2. The molecule has 0 aliphatic rings. The number of benzene rings is 1. The minimum absolute atomic E-state index is 0.000295. The molecule has 1 atom stereocenters. The van der Waals surface area contributed by atoms with Crippen molar-refractivity contribution < 1.29 is 9.52 Å². The lowest BCUT2D eigenvalue weighted by molar-refractivity contribution is 0.423. The maximum absolute atomic E-state index is 11.8. The fourth-order valence-corrected chi connectivity index (χ4v) is 2.80. The van der Waals surface area contributed by atoms with E-state index in [-0.39, 0.29) is 11.0 Å². The van der Waals surface area contributed by atoms with E-state index in [0.29, 0.717) is 11.3 Å². The van der Waals surface area contributed by atoms with Crippen molar-refractivity contribution in [3.63, 3.8) is 0 Å². The number of aromatic hydroxyl groups is 1. The van der Waals surface area contributed by atoms with Gasteiger partial charge in [-0.25, -0.2) is 4.79 Å². The van der Waals surface area contributed by atoms with Crippen molar-refractivity contribution in [2.75, 3.05) is 0 Å². The van der Waals surface area contributed by atoms with Gasteiger partial charge < -0.3 is 9.52 Å². The van der Waals surface area contributed by atoms with Crippen molar-refractivity contribution in [1.82, 2.24) is 0 Å². The minimum atomic E-state index is -0.469. The topological polar surface area (TPSA) is 50.4 Å². The van der Waals surface area contributed by atoms with Crippen molar-refractivity contribution in [2.45, 2.75) is 24.0 Å². The molecule has 0 amide bonds. The predicted molar refractivity (Wildman–Crippen MR) is 72.1 cm³/mol. The van der Waals surface area contributed by atoms with Gasteiger partial charge in [0, 0.05) is 16.2 Å². The summed E-state index contributed by atoms with van der Waals surface area (Å²) in [5.41, 5.74) is -0.155. The van der Waals surface area contributed by atoms with Gasteiger partial charge in [-0.15, -0.1) is 11.8 Å². The highest BCUT2D eigenvalue weighted by Crippen LogP contribution is 2.36. The molecule has 18 heavy (non-hydrogen) atoms. The van der Waals surface area contributed by atoms with Crippen LogP contribution in [0.25, 0.3) is 0 Å². The monoisotopic (exact) mass is 262 g/mol. The van der Waals surface area contributed by atoms with Crippen molar-refractivity contribution in [2.24, 2.45) is 0 Å². The summed E-state index contributed by atoms with van der Waals surface area (Å²) >= 11 is 1.51. The van der Waals surface area contributed by atoms with E-state index < -0.39 is 5.63 Å². The van der Waals surface area contributed by atoms with Crippen LogP contribution in [-0.4, -0.2) is 5.11 Å². The number of thioether (sulfide) groups is 1. The van der Waals surface area contributed by atoms with E-state index >= 15 is 0 Å². The van der Waals surface area contributed by atoms with Gasteiger partial charge in [0.1, 0.15) is 11.5 Å². The summed E-state index contributed by atoms with van der Waals surface area (Å²) in [5.74, 6) is 0.415. The molecule has 2 rings (SSSR count). The summed E-state index contributed by atoms with van der Waals surface area (Å²) in [5, 5.41) is 9.68. The Hall–Kier alpha value is -1.68. The number of aryl methyl sites for hydroxylation is 1. The molecule has 0 fully saturated rings.